The molecule has 18 heavy (non-hydrogen) atoms. The van der Waals surface area contributed by atoms with Gasteiger partial charge in [0.2, 0.25) is 0 Å². The maximum absolute atomic E-state index is 5.83. The molecule has 0 bridgehead atoms. The van der Waals surface area contributed by atoms with Gasteiger partial charge in [0, 0.05) is 29.5 Å². The number of nitrogens with two attached hydrogens (primary N) is 1. The van der Waals surface area contributed by atoms with Crippen molar-refractivity contribution in [2.45, 2.75) is 6.42 Å². The zero-order chi connectivity index (χ0) is 12.8. The second kappa shape index (κ2) is 6.23. The molecule has 0 atom stereocenters. The van der Waals surface area contributed by atoms with Gasteiger partial charge in [-0.05, 0) is 30.2 Å². The first-order chi connectivity index (χ1) is 8.78. The molecule has 0 aliphatic carbocycles. The molecular formula is C13H15ClN4. The third-order valence-corrected chi connectivity index (χ3v) is 2.82. The maximum atomic E-state index is 5.83. The van der Waals surface area contributed by atoms with E-state index in [1.807, 2.05) is 36.4 Å². The predicted octanol–water partition coefficient (Wildman–Crippen LogP) is 2.68. The van der Waals surface area contributed by atoms with Crippen LogP contribution in [0.5, 0.6) is 0 Å². The van der Waals surface area contributed by atoms with E-state index in [-0.39, 0.29) is 0 Å². The Morgan fingerprint density at radius 1 is 1.17 bits per heavy atom. The fraction of sp³-hybridized carbons (Fsp3) is 0.154. The van der Waals surface area contributed by atoms with Crippen molar-refractivity contribution < 1.29 is 0 Å². The summed E-state index contributed by atoms with van der Waals surface area (Å²) in [6.07, 6.45) is 2.64. The van der Waals surface area contributed by atoms with E-state index in [2.05, 4.69) is 15.7 Å². The number of halogens is 1. The summed E-state index contributed by atoms with van der Waals surface area (Å²) in [5, 5.41) is 4.08. The van der Waals surface area contributed by atoms with Crippen LogP contribution in [-0.2, 0) is 6.42 Å². The van der Waals surface area contributed by atoms with Gasteiger partial charge in [-0.1, -0.05) is 23.7 Å². The minimum Gasteiger partial charge on any atom is -0.385 e. The lowest BCUT2D eigenvalue weighted by Crippen LogP contribution is -2.10. The summed E-state index contributed by atoms with van der Waals surface area (Å²) in [5.41, 5.74) is 4.76. The molecule has 0 spiro atoms. The summed E-state index contributed by atoms with van der Waals surface area (Å²) in [5.74, 6) is 5.94. The Balaban J connectivity index is 1.86. The monoisotopic (exact) mass is 262 g/mol. The van der Waals surface area contributed by atoms with Gasteiger partial charge in [-0.3, -0.25) is 0 Å². The number of rotatable bonds is 5. The normalized spacial score (nSPS) is 10.1. The van der Waals surface area contributed by atoms with Crippen LogP contribution in [0.25, 0.3) is 0 Å². The Morgan fingerprint density at radius 3 is 2.67 bits per heavy atom. The molecule has 1 aromatic carbocycles. The Kier molecular flexibility index (Phi) is 4.39. The van der Waals surface area contributed by atoms with E-state index in [4.69, 9.17) is 17.4 Å². The van der Waals surface area contributed by atoms with Gasteiger partial charge in [0.25, 0.3) is 0 Å². The summed E-state index contributed by atoms with van der Waals surface area (Å²) < 4.78 is 0. The number of hydrogen-bond donors (Lipinski definition) is 3. The van der Waals surface area contributed by atoms with Crippen molar-refractivity contribution in [3.63, 3.8) is 0 Å². The van der Waals surface area contributed by atoms with Crippen LogP contribution in [0.1, 0.15) is 5.56 Å². The van der Waals surface area contributed by atoms with E-state index in [1.54, 1.807) is 6.20 Å². The zero-order valence-electron chi connectivity index (χ0n) is 9.86. The van der Waals surface area contributed by atoms with Gasteiger partial charge >= 0.3 is 0 Å². The van der Waals surface area contributed by atoms with Gasteiger partial charge in [0.15, 0.2) is 0 Å². The maximum Gasteiger partial charge on any atom is 0.141 e. The highest BCUT2D eigenvalue weighted by molar-refractivity contribution is 6.30. The number of hydrazine groups is 1. The average molecular weight is 263 g/mol. The summed E-state index contributed by atoms with van der Waals surface area (Å²) in [6.45, 7) is 0.843. The SMILES string of the molecule is NNc1cc(NCCc2ccc(Cl)cc2)ccn1. The number of benzene rings is 1. The number of nitrogens with zero attached hydrogens (tertiary/aromatic N) is 1. The lowest BCUT2D eigenvalue weighted by atomic mass is 10.1. The summed E-state index contributed by atoms with van der Waals surface area (Å²) in [6, 6.07) is 11.6. The molecule has 0 aliphatic rings. The molecule has 4 nitrogen and oxygen atoms in total. The molecule has 5 heteroatoms. The summed E-state index contributed by atoms with van der Waals surface area (Å²) in [4.78, 5) is 4.04. The number of nitrogens with one attached hydrogen (secondary N) is 2. The van der Waals surface area contributed by atoms with Crippen molar-refractivity contribution in [3.05, 3.63) is 53.2 Å². The summed E-state index contributed by atoms with van der Waals surface area (Å²) >= 11 is 5.83. The van der Waals surface area contributed by atoms with Crippen molar-refractivity contribution >= 4 is 23.1 Å². The molecule has 0 saturated carbocycles. The smallest absolute Gasteiger partial charge is 0.141 e. The number of anilines is 2. The second-order valence-electron chi connectivity index (χ2n) is 3.88. The minimum atomic E-state index is 0.645. The van der Waals surface area contributed by atoms with E-state index < -0.39 is 0 Å². The Labute approximate surface area is 111 Å². The van der Waals surface area contributed by atoms with Crippen molar-refractivity contribution in [1.82, 2.24) is 4.98 Å². The van der Waals surface area contributed by atoms with Gasteiger partial charge in [-0.15, -0.1) is 0 Å². The molecule has 0 amide bonds. The van der Waals surface area contributed by atoms with Gasteiger partial charge < -0.3 is 10.7 Å². The largest absolute Gasteiger partial charge is 0.385 e. The highest BCUT2D eigenvalue weighted by atomic mass is 35.5. The molecular weight excluding hydrogens is 248 g/mol. The van der Waals surface area contributed by atoms with Crippen LogP contribution in [0.3, 0.4) is 0 Å². The predicted molar refractivity (Wildman–Crippen MR) is 75.7 cm³/mol. The Bertz CT molecular complexity index is 499. The molecule has 0 aliphatic heterocycles. The molecule has 94 valence electrons. The molecule has 2 aromatic rings. The van der Waals surface area contributed by atoms with E-state index in [1.165, 1.54) is 5.56 Å². The molecule has 1 aromatic heterocycles. The van der Waals surface area contributed by atoms with Crippen LogP contribution in [0.2, 0.25) is 5.02 Å². The molecule has 1 heterocycles. The van der Waals surface area contributed by atoms with Gasteiger partial charge in [0.05, 0.1) is 0 Å². The molecule has 2 rings (SSSR count). The van der Waals surface area contributed by atoms with Gasteiger partial charge in [0.1, 0.15) is 5.82 Å². The third-order valence-electron chi connectivity index (χ3n) is 2.56. The lowest BCUT2D eigenvalue weighted by Gasteiger charge is -2.07. The molecule has 0 radical (unpaired) electrons. The van der Waals surface area contributed by atoms with Crippen molar-refractivity contribution in [3.8, 4) is 0 Å². The van der Waals surface area contributed by atoms with Crippen molar-refractivity contribution in [2.75, 3.05) is 17.3 Å². The molecule has 0 saturated heterocycles. The first-order valence-corrected chi connectivity index (χ1v) is 6.07. The fourth-order valence-corrected chi connectivity index (χ4v) is 1.75. The second-order valence-corrected chi connectivity index (χ2v) is 4.31. The molecule has 4 N–H and O–H groups in total. The number of nitrogen functional groups attached to an aromatic ring is 1. The molecule has 0 fully saturated rings. The first-order valence-electron chi connectivity index (χ1n) is 5.69. The highest BCUT2D eigenvalue weighted by Crippen LogP contribution is 2.12. The molecule has 0 unspecified atom stereocenters. The van der Waals surface area contributed by atoms with E-state index in [0.717, 1.165) is 23.7 Å². The Morgan fingerprint density at radius 2 is 1.94 bits per heavy atom. The Hall–Kier alpha value is -1.78. The van der Waals surface area contributed by atoms with Crippen LogP contribution >= 0.6 is 11.6 Å². The summed E-state index contributed by atoms with van der Waals surface area (Å²) in [7, 11) is 0. The van der Waals surface area contributed by atoms with Crippen LogP contribution in [0.4, 0.5) is 11.5 Å². The number of hydrogen-bond acceptors (Lipinski definition) is 4. The van der Waals surface area contributed by atoms with Crippen LogP contribution < -0.4 is 16.6 Å². The van der Waals surface area contributed by atoms with Crippen molar-refractivity contribution in [1.29, 1.82) is 0 Å². The highest BCUT2D eigenvalue weighted by Gasteiger charge is 1.96. The van der Waals surface area contributed by atoms with Gasteiger partial charge in [-0.2, -0.15) is 0 Å². The quantitative estimate of drug-likeness (QED) is 0.573. The van der Waals surface area contributed by atoms with Crippen LogP contribution in [-0.4, -0.2) is 11.5 Å². The number of pyridine rings is 1. The van der Waals surface area contributed by atoms with E-state index in [9.17, 15) is 0 Å². The van der Waals surface area contributed by atoms with Crippen molar-refractivity contribution in [2.24, 2.45) is 5.84 Å². The fourth-order valence-electron chi connectivity index (χ4n) is 1.62. The minimum absolute atomic E-state index is 0.645. The average Bonchev–Trinajstić information content (AvgIpc) is 2.41. The van der Waals surface area contributed by atoms with Gasteiger partial charge in [-0.25, -0.2) is 10.8 Å². The standard InChI is InChI=1S/C13H15ClN4/c14-11-3-1-10(2-4-11)5-7-16-12-6-8-17-13(9-12)18-15/h1-4,6,8-9H,5,7,15H2,(H2,16,17,18). The van der Waals surface area contributed by atoms with Crippen LogP contribution in [0.15, 0.2) is 42.6 Å². The topological polar surface area (TPSA) is 63.0 Å². The first kappa shape index (κ1) is 12.7. The van der Waals surface area contributed by atoms with E-state index in [0.29, 0.717) is 5.82 Å². The van der Waals surface area contributed by atoms with Crippen LogP contribution in [0, 0.1) is 0 Å². The third kappa shape index (κ3) is 3.61. The number of aromatic nitrogens is 1. The zero-order valence-corrected chi connectivity index (χ0v) is 10.6. The lowest BCUT2D eigenvalue weighted by molar-refractivity contribution is 1.02. The van der Waals surface area contributed by atoms with E-state index >= 15 is 0 Å².